The molecule has 2 rings (SSSR count). The highest BCUT2D eigenvalue weighted by molar-refractivity contribution is 5.62. The Labute approximate surface area is 119 Å². The zero-order valence-corrected chi connectivity index (χ0v) is 11.2. The van der Waals surface area contributed by atoms with E-state index in [-0.39, 0.29) is 23.7 Å². The Morgan fingerprint density at radius 2 is 2.14 bits per heavy atom. The highest BCUT2D eigenvalue weighted by Gasteiger charge is 2.15. The first-order valence-electron chi connectivity index (χ1n) is 6.05. The molecule has 0 aliphatic rings. The normalized spacial score (nSPS) is 10.2. The van der Waals surface area contributed by atoms with E-state index in [1.165, 1.54) is 13.2 Å². The molecular weight excluding hydrogens is 279 g/mol. The topological polar surface area (TPSA) is 84.6 Å². The van der Waals surface area contributed by atoms with E-state index >= 15 is 0 Å². The summed E-state index contributed by atoms with van der Waals surface area (Å²) in [7, 11) is 1.43. The summed E-state index contributed by atoms with van der Waals surface area (Å²) in [5.74, 6) is -0.420. The molecular formula is C14H13FN2O4. The third-order valence-corrected chi connectivity index (χ3v) is 2.93. The fraction of sp³-hybridized carbons (Fsp3) is 0.143. The van der Waals surface area contributed by atoms with Crippen LogP contribution in [0.5, 0.6) is 11.5 Å². The Kier molecular flexibility index (Phi) is 4.22. The van der Waals surface area contributed by atoms with Gasteiger partial charge in [0.05, 0.1) is 18.1 Å². The summed E-state index contributed by atoms with van der Waals surface area (Å²) in [6.45, 7) is 0.134. The predicted octanol–water partition coefficient (Wildman–Crippen LogP) is 3.06. The monoisotopic (exact) mass is 292 g/mol. The van der Waals surface area contributed by atoms with E-state index in [1.807, 2.05) is 0 Å². The van der Waals surface area contributed by atoms with Crippen molar-refractivity contribution in [1.29, 1.82) is 0 Å². The number of nitro benzene ring substituents is 1. The van der Waals surface area contributed by atoms with Crippen molar-refractivity contribution in [1.82, 2.24) is 0 Å². The number of nitro groups is 1. The number of anilines is 1. The van der Waals surface area contributed by atoms with Crippen molar-refractivity contribution in [3.63, 3.8) is 0 Å². The summed E-state index contributed by atoms with van der Waals surface area (Å²) in [5, 5.41) is 23.6. The quantitative estimate of drug-likeness (QED) is 0.653. The number of nitrogens with zero attached hydrogens (tertiary/aromatic N) is 1. The molecule has 0 fully saturated rings. The van der Waals surface area contributed by atoms with Crippen molar-refractivity contribution >= 4 is 11.4 Å². The second-order valence-electron chi connectivity index (χ2n) is 4.24. The standard InChI is InChI=1S/C14H13FN2O4/c1-21-13-4-2-3-9(14(13)18)8-16-11-6-5-10(15)7-12(11)17(19)20/h2-7,16,18H,8H2,1H3. The predicted molar refractivity (Wildman–Crippen MR) is 75.0 cm³/mol. The van der Waals surface area contributed by atoms with Crippen LogP contribution in [0, 0.1) is 15.9 Å². The minimum absolute atomic E-state index is 0.0442. The molecule has 2 aromatic carbocycles. The molecule has 0 aliphatic carbocycles. The number of rotatable bonds is 5. The number of para-hydroxylation sites is 1. The maximum Gasteiger partial charge on any atom is 0.295 e. The molecule has 0 aliphatic heterocycles. The molecule has 0 unspecified atom stereocenters. The first-order valence-corrected chi connectivity index (χ1v) is 6.05. The first-order chi connectivity index (χ1) is 10.0. The average molecular weight is 292 g/mol. The van der Waals surface area contributed by atoms with E-state index in [9.17, 15) is 19.6 Å². The molecule has 0 amide bonds. The van der Waals surface area contributed by atoms with Crippen LogP contribution in [0.15, 0.2) is 36.4 Å². The van der Waals surface area contributed by atoms with Crippen LogP contribution >= 0.6 is 0 Å². The molecule has 0 spiro atoms. The number of methoxy groups -OCH3 is 1. The lowest BCUT2D eigenvalue weighted by atomic mass is 10.1. The number of nitrogens with one attached hydrogen (secondary N) is 1. The van der Waals surface area contributed by atoms with Gasteiger partial charge in [-0.2, -0.15) is 0 Å². The molecule has 6 nitrogen and oxygen atoms in total. The minimum atomic E-state index is -0.684. The number of hydrogen-bond acceptors (Lipinski definition) is 5. The van der Waals surface area contributed by atoms with Gasteiger partial charge in [0.15, 0.2) is 11.5 Å². The molecule has 0 heterocycles. The smallest absolute Gasteiger partial charge is 0.295 e. The van der Waals surface area contributed by atoms with Crippen LogP contribution in [0.4, 0.5) is 15.8 Å². The van der Waals surface area contributed by atoms with E-state index in [0.717, 1.165) is 12.1 Å². The van der Waals surface area contributed by atoms with Gasteiger partial charge in [-0.25, -0.2) is 4.39 Å². The van der Waals surface area contributed by atoms with Crippen LogP contribution in [-0.4, -0.2) is 17.1 Å². The molecule has 0 saturated carbocycles. The fourth-order valence-electron chi connectivity index (χ4n) is 1.87. The van der Waals surface area contributed by atoms with Crippen molar-refractivity contribution < 1.29 is 19.2 Å². The van der Waals surface area contributed by atoms with Crippen molar-refractivity contribution in [3.05, 3.63) is 57.9 Å². The Balaban J connectivity index is 2.23. The molecule has 0 aromatic heterocycles. The second kappa shape index (κ2) is 6.08. The lowest BCUT2D eigenvalue weighted by Crippen LogP contribution is -2.03. The van der Waals surface area contributed by atoms with E-state index in [1.54, 1.807) is 18.2 Å². The van der Waals surface area contributed by atoms with E-state index in [2.05, 4.69) is 5.32 Å². The average Bonchev–Trinajstić information content (AvgIpc) is 2.47. The van der Waals surface area contributed by atoms with Crippen LogP contribution in [0.25, 0.3) is 0 Å². The van der Waals surface area contributed by atoms with Crippen LogP contribution in [0.1, 0.15) is 5.56 Å². The van der Waals surface area contributed by atoms with Gasteiger partial charge >= 0.3 is 0 Å². The largest absolute Gasteiger partial charge is 0.504 e. The van der Waals surface area contributed by atoms with Gasteiger partial charge in [-0.1, -0.05) is 12.1 Å². The van der Waals surface area contributed by atoms with Crippen LogP contribution in [-0.2, 0) is 6.54 Å². The Bertz CT molecular complexity index is 676. The summed E-state index contributed by atoms with van der Waals surface area (Å²) in [4.78, 5) is 10.2. The lowest BCUT2D eigenvalue weighted by Gasteiger charge is -2.11. The second-order valence-corrected chi connectivity index (χ2v) is 4.24. The third kappa shape index (κ3) is 3.19. The number of hydrogen-bond donors (Lipinski definition) is 2. The molecule has 0 radical (unpaired) electrons. The fourth-order valence-corrected chi connectivity index (χ4v) is 1.87. The number of ether oxygens (including phenoxy) is 1. The first kappa shape index (κ1) is 14.6. The Morgan fingerprint density at radius 1 is 1.38 bits per heavy atom. The zero-order valence-electron chi connectivity index (χ0n) is 11.2. The summed E-state index contributed by atoms with van der Waals surface area (Å²) in [5.41, 5.74) is 0.314. The van der Waals surface area contributed by atoms with E-state index in [0.29, 0.717) is 11.3 Å². The summed E-state index contributed by atoms with van der Waals surface area (Å²) in [6, 6.07) is 8.19. The molecule has 2 aromatic rings. The zero-order chi connectivity index (χ0) is 15.4. The summed E-state index contributed by atoms with van der Waals surface area (Å²) < 4.78 is 18.0. The van der Waals surface area contributed by atoms with Crippen molar-refractivity contribution in [2.75, 3.05) is 12.4 Å². The minimum Gasteiger partial charge on any atom is -0.504 e. The number of halogens is 1. The molecule has 0 saturated heterocycles. The van der Waals surface area contributed by atoms with Crippen LogP contribution < -0.4 is 10.1 Å². The van der Waals surface area contributed by atoms with Gasteiger partial charge < -0.3 is 15.2 Å². The van der Waals surface area contributed by atoms with E-state index in [4.69, 9.17) is 4.74 Å². The molecule has 21 heavy (non-hydrogen) atoms. The van der Waals surface area contributed by atoms with Crippen molar-refractivity contribution in [3.8, 4) is 11.5 Å². The molecule has 0 atom stereocenters. The van der Waals surface area contributed by atoms with Gasteiger partial charge in [0, 0.05) is 12.1 Å². The highest BCUT2D eigenvalue weighted by atomic mass is 19.1. The van der Waals surface area contributed by atoms with Crippen LogP contribution in [0.3, 0.4) is 0 Å². The van der Waals surface area contributed by atoms with Crippen molar-refractivity contribution in [2.45, 2.75) is 6.54 Å². The molecule has 7 heteroatoms. The Hall–Kier alpha value is -2.83. The molecule has 2 N–H and O–H groups in total. The number of phenols is 1. The van der Waals surface area contributed by atoms with Gasteiger partial charge in [-0.3, -0.25) is 10.1 Å². The lowest BCUT2D eigenvalue weighted by molar-refractivity contribution is -0.384. The van der Waals surface area contributed by atoms with Gasteiger partial charge in [0.25, 0.3) is 5.69 Å². The SMILES string of the molecule is COc1cccc(CNc2ccc(F)cc2[N+](=O)[O-])c1O. The number of phenolic OH excluding ortho intramolecular Hbond substituents is 1. The maximum absolute atomic E-state index is 13.0. The van der Waals surface area contributed by atoms with Gasteiger partial charge in [-0.05, 0) is 18.2 Å². The van der Waals surface area contributed by atoms with Gasteiger partial charge in [0.2, 0.25) is 0 Å². The number of aromatic hydroxyl groups is 1. The maximum atomic E-state index is 13.0. The van der Waals surface area contributed by atoms with Crippen molar-refractivity contribution in [2.24, 2.45) is 0 Å². The van der Waals surface area contributed by atoms with Gasteiger partial charge in [-0.15, -0.1) is 0 Å². The number of benzene rings is 2. The summed E-state index contributed by atoms with van der Waals surface area (Å²) >= 11 is 0. The van der Waals surface area contributed by atoms with E-state index < -0.39 is 10.7 Å². The molecule has 0 bridgehead atoms. The van der Waals surface area contributed by atoms with Gasteiger partial charge in [0.1, 0.15) is 11.5 Å². The Morgan fingerprint density at radius 3 is 2.81 bits per heavy atom. The third-order valence-electron chi connectivity index (χ3n) is 2.93. The molecule has 110 valence electrons. The van der Waals surface area contributed by atoms with Crippen LogP contribution in [0.2, 0.25) is 0 Å². The highest BCUT2D eigenvalue weighted by Crippen LogP contribution is 2.31. The summed E-state index contributed by atoms with van der Waals surface area (Å²) in [6.07, 6.45) is 0.